The topological polar surface area (TPSA) is 33.9 Å². The van der Waals surface area contributed by atoms with Crippen LogP contribution in [0, 0.1) is 6.92 Å². The molecule has 0 aliphatic rings. The van der Waals surface area contributed by atoms with Crippen molar-refractivity contribution in [2.45, 2.75) is 6.92 Å². The summed E-state index contributed by atoms with van der Waals surface area (Å²) in [5, 5.41) is 8.70. The van der Waals surface area contributed by atoms with Crippen molar-refractivity contribution in [3.63, 3.8) is 0 Å². The van der Waals surface area contributed by atoms with Gasteiger partial charge in [0.1, 0.15) is 12.4 Å². The standard InChI is InChI=1S/C11H13NO2/c1-9-8-12-5-3-2-4-10(12)11(9)14-7-6-13/h2-5,8,13H,6-7H2,1H3. The first kappa shape index (κ1) is 9.09. The molecule has 3 nitrogen and oxygen atoms in total. The summed E-state index contributed by atoms with van der Waals surface area (Å²) in [4.78, 5) is 0. The molecule has 0 amide bonds. The van der Waals surface area contributed by atoms with E-state index in [9.17, 15) is 0 Å². The van der Waals surface area contributed by atoms with E-state index in [0.717, 1.165) is 16.8 Å². The van der Waals surface area contributed by atoms with Crippen molar-refractivity contribution < 1.29 is 9.84 Å². The fourth-order valence-corrected chi connectivity index (χ4v) is 1.57. The molecule has 0 atom stereocenters. The van der Waals surface area contributed by atoms with Crippen molar-refractivity contribution in [1.82, 2.24) is 4.40 Å². The van der Waals surface area contributed by atoms with Gasteiger partial charge in [-0.25, -0.2) is 0 Å². The van der Waals surface area contributed by atoms with Crippen molar-refractivity contribution in [3.8, 4) is 5.75 Å². The largest absolute Gasteiger partial charge is 0.489 e. The van der Waals surface area contributed by atoms with Gasteiger partial charge in [-0.05, 0) is 19.1 Å². The van der Waals surface area contributed by atoms with Gasteiger partial charge in [0.05, 0.1) is 12.1 Å². The number of hydrogen-bond donors (Lipinski definition) is 1. The molecule has 0 fully saturated rings. The van der Waals surface area contributed by atoms with E-state index < -0.39 is 0 Å². The second kappa shape index (κ2) is 3.72. The molecule has 0 saturated carbocycles. The van der Waals surface area contributed by atoms with Crippen LogP contribution in [-0.2, 0) is 0 Å². The number of aliphatic hydroxyl groups is 1. The predicted molar refractivity (Wildman–Crippen MR) is 54.7 cm³/mol. The molecule has 74 valence electrons. The lowest BCUT2D eigenvalue weighted by Crippen LogP contribution is -2.01. The molecule has 0 aliphatic carbocycles. The van der Waals surface area contributed by atoms with Gasteiger partial charge in [-0.1, -0.05) is 6.07 Å². The first-order valence-corrected chi connectivity index (χ1v) is 4.63. The average molecular weight is 191 g/mol. The zero-order valence-corrected chi connectivity index (χ0v) is 8.10. The molecule has 2 aromatic heterocycles. The third kappa shape index (κ3) is 1.46. The Morgan fingerprint density at radius 2 is 2.29 bits per heavy atom. The van der Waals surface area contributed by atoms with E-state index in [2.05, 4.69) is 0 Å². The molecule has 0 aliphatic heterocycles. The lowest BCUT2D eigenvalue weighted by Gasteiger charge is -2.03. The fraction of sp³-hybridized carbons (Fsp3) is 0.273. The first-order chi connectivity index (χ1) is 6.83. The highest BCUT2D eigenvalue weighted by atomic mass is 16.5. The number of hydrogen-bond acceptors (Lipinski definition) is 2. The zero-order chi connectivity index (χ0) is 9.97. The summed E-state index contributed by atoms with van der Waals surface area (Å²) in [5.74, 6) is 0.861. The minimum absolute atomic E-state index is 0.0453. The number of rotatable bonds is 3. The van der Waals surface area contributed by atoms with E-state index in [-0.39, 0.29) is 6.61 Å². The van der Waals surface area contributed by atoms with E-state index >= 15 is 0 Å². The van der Waals surface area contributed by atoms with Crippen molar-refractivity contribution >= 4 is 5.52 Å². The normalized spacial score (nSPS) is 10.7. The third-order valence-electron chi connectivity index (χ3n) is 2.15. The summed E-state index contributed by atoms with van der Waals surface area (Å²) in [6.45, 7) is 2.39. The Kier molecular flexibility index (Phi) is 2.41. The van der Waals surface area contributed by atoms with Crippen molar-refractivity contribution in [2.24, 2.45) is 0 Å². The Morgan fingerprint density at radius 3 is 3.07 bits per heavy atom. The molecular formula is C11H13NO2. The maximum absolute atomic E-state index is 8.70. The highest BCUT2D eigenvalue weighted by molar-refractivity contribution is 5.64. The number of aromatic nitrogens is 1. The van der Waals surface area contributed by atoms with Crippen LogP contribution in [0.1, 0.15) is 5.56 Å². The number of ether oxygens (including phenoxy) is 1. The van der Waals surface area contributed by atoms with Crippen LogP contribution in [0.15, 0.2) is 30.6 Å². The van der Waals surface area contributed by atoms with Crippen LogP contribution >= 0.6 is 0 Å². The zero-order valence-electron chi connectivity index (χ0n) is 8.10. The van der Waals surface area contributed by atoms with E-state index in [1.807, 2.05) is 41.9 Å². The summed E-state index contributed by atoms with van der Waals surface area (Å²) < 4.78 is 7.48. The van der Waals surface area contributed by atoms with Gasteiger partial charge in [0.2, 0.25) is 0 Å². The third-order valence-corrected chi connectivity index (χ3v) is 2.15. The average Bonchev–Trinajstić information content (AvgIpc) is 2.51. The Morgan fingerprint density at radius 1 is 1.43 bits per heavy atom. The molecule has 0 saturated heterocycles. The van der Waals surface area contributed by atoms with Crippen molar-refractivity contribution in [1.29, 1.82) is 0 Å². The molecule has 0 unspecified atom stereocenters. The molecule has 0 bridgehead atoms. The van der Waals surface area contributed by atoms with Crippen LogP contribution in [0.3, 0.4) is 0 Å². The van der Waals surface area contributed by atoms with Gasteiger partial charge in [-0.2, -0.15) is 0 Å². The Labute approximate surface area is 82.6 Å². The summed E-state index contributed by atoms with van der Waals surface area (Å²) in [6, 6.07) is 5.95. The molecule has 1 N–H and O–H groups in total. The van der Waals surface area contributed by atoms with Gasteiger partial charge in [0.25, 0.3) is 0 Å². The van der Waals surface area contributed by atoms with Crippen molar-refractivity contribution in [2.75, 3.05) is 13.2 Å². The minimum Gasteiger partial charge on any atom is -0.489 e. The molecule has 0 aromatic carbocycles. The Balaban J connectivity index is 2.45. The second-order valence-corrected chi connectivity index (χ2v) is 3.21. The van der Waals surface area contributed by atoms with E-state index in [1.54, 1.807) is 0 Å². The summed E-state index contributed by atoms with van der Waals surface area (Å²) in [6.07, 6.45) is 4.00. The first-order valence-electron chi connectivity index (χ1n) is 4.63. The van der Waals surface area contributed by atoms with Gasteiger partial charge in [0, 0.05) is 18.0 Å². The van der Waals surface area contributed by atoms with Gasteiger partial charge in [0.15, 0.2) is 0 Å². The summed E-state index contributed by atoms with van der Waals surface area (Å²) in [7, 11) is 0. The Bertz CT molecular complexity index is 434. The molecule has 0 radical (unpaired) electrons. The highest BCUT2D eigenvalue weighted by Crippen LogP contribution is 2.25. The molecule has 14 heavy (non-hydrogen) atoms. The Hall–Kier alpha value is -1.48. The molecule has 2 rings (SSSR count). The van der Waals surface area contributed by atoms with Gasteiger partial charge < -0.3 is 14.2 Å². The molecule has 2 heterocycles. The quantitative estimate of drug-likeness (QED) is 0.799. The molecule has 3 heteroatoms. The molecule has 0 spiro atoms. The maximum Gasteiger partial charge on any atom is 0.147 e. The number of fused-ring (bicyclic) bond motifs is 1. The second-order valence-electron chi connectivity index (χ2n) is 3.21. The molecule has 2 aromatic rings. The van der Waals surface area contributed by atoms with Crippen LogP contribution in [0.2, 0.25) is 0 Å². The van der Waals surface area contributed by atoms with Gasteiger partial charge in [-0.3, -0.25) is 0 Å². The van der Waals surface area contributed by atoms with Gasteiger partial charge in [-0.15, -0.1) is 0 Å². The highest BCUT2D eigenvalue weighted by Gasteiger charge is 2.06. The number of aryl methyl sites for hydroxylation is 1. The smallest absolute Gasteiger partial charge is 0.147 e. The summed E-state index contributed by atoms with van der Waals surface area (Å²) >= 11 is 0. The lowest BCUT2D eigenvalue weighted by atomic mass is 10.3. The number of nitrogens with zero attached hydrogens (tertiary/aromatic N) is 1. The number of aliphatic hydroxyl groups excluding tert-OH is 1. The molecular weight excluding hydrogens is 178 g/mol. The van der Waals surface area contributed by atoms with Crippen LogP contribution < -0.4 is 4.74 Å². The predicted octanol–water partition coefficient (Wildman–Crippen LogP) is 1.62. The SMILES string of the molecule is Cc1cn2ccccc2c1OCCO. The van der Waals surface area contributed by atoms with E-state index in [0.29, 0.717) is 6.61 Å². The minimum atomic E-state index is 0.0453. The van der Waals surface area contributed by atoms with E-state index in [1.165, 1.54) is 0 Å². The van der Waals surface area contributed by atoms with Crippen LogP contribution in [0.4, 0.5) is 0 Å². The summed E-state index contributed by atoms with van der Waals surface area (Å²) in [5.41, 5.74) is 2.13. The number of pyridine rings is 1. The van der Waals surface area contributed by atoms with Crippen molar-refractivity contribution in [3.05, 3.63) is 36.2 Å². The monoisotopic (exact) mass is 191 g/mol. The van der Waals surface area contributed by atoms with Gasteiger partial charge >= 0.3 is 0 Å². The lowest BCUT2D eigenvalue weighted by molar-refractivity contribution is 0.202. The van der Waals surface area contributed by atoms with Crippen LogP contribution in [-0.4, -0.2) is 22.7 Å². The van der Waals surface area contributed by atoms with Crippen LogP contribution in [0.25, 0.3) is 5.52 Å². The maximum atomic E-state index is 8.70. The fourth-order valence-electron chi connectivity index (χ4n) is 1.57. The van der Waals surface area contributed by atoms with Crippen LogP contribution in [0.5, 0.6) is 5.75 Å². The van der Waals surface area contributed by atoms with E-state index in [4.69, 9.17) is 9.84 Å².